The first-order chi connectivity index (χ1) is 19.6. The van der Waals surface area contributed by atoms with Crippen molar-refractivity contribution in [3.05, 3.63) is 131 Å². The number of rotatable bonds is 10. The zero-order chi connectivity index (χ0) is 31.5. The molecule has 0 aromatic carbocycles. The molecule has 0 aliphatic heterocycles. The summed E-state index contributed by atoms with van der Waals surface area (Å²) in [5, 5.41) is 20.1. The van der Waals surface area contributed by atoms with E-state index in [1.54, 1.807) is 0 Å². The van der Waals surface area contributed by atoms with E-state index >= 15 is 0 Å². The van der Waals surface area contributed by atoms with Crippen LogP contribution in [0.15, 0.2) is 131 Å². The van der Waals surface area contributed by atoms with E-state index in [4.69, 9.17) is 0 Å². The number of allylic oxidation sites excluding steroid dienone is 20. The van der Waals surface area contributed by atoms with E-state index in [1.165, 1.54) is 33.4 Å². The molecule has 0 radical (unpaired) electrons. The van der Waals surface area contributed by atoms with Gasteiger partial charge in [0.25, 0.3) is 0 Å². The van der Waals surface area contributed by atoms with Gasteiger partial charge in [-0.15, -0.1) is 0 Å². The third-order valence-corrected chi connectivity index (χ3v) is 8.41. The maximum Gasteiger partial charge on any atom is 0.0729 e. The molecule has 2 heteroatoms. The highest BCUT2D eigenvalue weighted by molar-refractivity contribution is 5.33. The largest absolute Gasteiger partial charge is 0.389 e. The fourth-order valence-electron chi connectivity index (χ4n) is 6.16. The predicted molar refractivity (Wildman–Crippen MR) is 184 cm³/mol. The van der Waals surface area contributed by atoms with Gasteiger partial charge < -0.3 is 10.2 Å². The van der Waals surface area contributed by atoms with Gasteiger partial charge in [0.05, 0.1) is 12.2 Å². The lowest BCUT2D eigenvalue weighted by Crippen LogP contribution is -2.32. The molecule has 228 valence electrons. The van der Waals surface area contributed by atoms with Gasteiger partial charge in [-0.25, -0.2) is 0 Å². The van der Waals surface area contributed by atoms with Crippen LogP contribution in [0.4, 0.5) is 0 Å². The molecule has 0 bridgehead atoms. The van der Waals surface area contributed by atoms with Gasteiger partial charge in [-0.3, -0.25) is 0 Å². The van der Waals surface area contributed by atoms with E-state index in [0.717, 1.165) is 12.8 Å². The van der Waals surface area contributed by atoms with Crippen molar-refractivity contribution < 1.29 is 10.2 Å². The molecule has 0 unspecified atom stereocenters. The summed E-state index contributed by atoms with van der Waals surface area (Å²) in [6, 6.07) is 0. The lowest BCUT2D eigenvalue weighted by molar-refractivity contribution is 0.117. The second kappa shape index (κ2) is 16.1. The van der Waals surface area contributed by atoms with Crippen LogP contribution in [0.1, 0.15) is 82.1 Å². The van der Waals surface area contributed by atoms with Crippen molar-refractivity contribution in [3.8, 4) is 0 Å². The normalized spacial score (nSPS) is 28.1. The Bertz CT molecular complexity index is 1160. The van der Waals surface area contributed by atoms with Crippen molar-refractivity contribution in [2.24, 2.45) is 22.7 Å². The maximum absolute atomic E-state index is 10.1. The van der Waals surface area contributed by atoms with Gasteiger partial charge in [0.1, 0.15) is 0 Å². The Morgan fingerprint density at radius 1 is 0.571 bits per heavy atom. The molecule has 2 rings (SSSR count). The number of hydrogen-bond acceptors (Lipinski definition) is 2. The molecule has 4 atom stereocenters. The predicted octanol–water partition coefficient (Wildman–Crippen LogP) is 10.3. The average molecular weight is 569 g/mol. The second-order valence-electron chi connectivity index (χ2n) is 13.8. The SMILES string of the molecule is CC1=C[C@H](O)CC(C)(C)[C@@H]1/C=C/C(C)=C/C=C\C(C)=C\C=C\C=C(C)\C=C\C=C(C)\C=C\[C@@H]1C(C)=C[C@H](O)CC1(C)C. The van der Waals surface area contributed by atoms with Gasteiger partial charge in [-0.05, 0) is 65.2 Å². The average Bonchev–Trinajstić information content (AvgIpc) is 2.84. The standard InChI is InChI=1S/C40H56O2/c1-29(17-13-19-31(3)21-23-37-33(5)25-35(41)27-39(37,7)8)15-11-12-16-30(2)18-14-20-32(4)22-24-38-34(6)26-36(42)28-40(38,9)10/h11-26,35-38,41-42H,27-28H2,1-10H3/b12-11+,17-13-,18-14+,23-21+,24-22+,29-15+,30-16+,31-19+,32-20+/t35-,36-,37+,38+/m0/s1. The highest BCUT2D eigenvalue weighted by atomic mass is 16.3. The first-order valence-electron chi connectivity index (χ1n) is 15.4. The van der Waals surface area contributed by atoms with Crippen LogP contribution in [0.3, 0.4) is 0 Å². The summed E-state index contributed by atoms with van der Waals surface area (Å²) in [4.78, 5) is 0. The Hall–Kier alpha value is -2.94. The summed E-state index contributed by atoms with van der Waals surface area (Å²) < 4.78 is 0. The van der Waals surface area contributed by atoms with Gasteiger partial charge in [-0.2, -0.15) is 0 Å². The fraction of sp³-hybridized carbons (Fsp3) is 0.450. The topological polar surface area (TPSA) is 40.5 Å². The molecule has 2 N–H and O–H groups in total. The fourth-order valence-corrected chi connectivity index (χ4v) is 6.16. The minimum absolute atomic E-state index is 0.0574. The Morgan fingerprint density at radius 2 is 0.881 bits per heavy atom. The second-order valence-corrected chi connectivity index (χ2v) is 13.8. The zero-order valence-electron chi connectivity index (χ0n) is 27.9. The molecule has 0 aromatic rings. The first kappa shape index (κ1) is 35.3. The third kappa shape index (κ3) is 11.7. The molecule has 0 fully saturated rings. The molecule has 0 aromatic heterocycles. The van der Waals surface area contributed by atoms with Crippen molar-refractivity contribution in [1.82, 2.24) is 0 Å². The summed E-state index contributed by atoms with van der Waals surface area (Å²) in [6.07, 6.45) is 35.0. The van der Waals surface area contributed by atoms with Gasteiger partial charge in [0, 0.05) is 11.8 Å². The van der Waals surface area contributed by atoms with E-state index < -0.39 is 0 Å². The number of aliphatic hydroxyl groups excluding tert-OH is 2. The molecule has 2 aliphatic carbocycles. The Kier molecular flexibility index (Phi) is 13.5. The van der Waals surface area contributed by atoms with Crippen molar-refractivity contribution in [2.75, 3.05) is 0 Å². The van der Waals surface area contributed by atoms with Gasteiger partial charge in [-0.1, -0.05) is 158 Å². The minimum atomic E-state index is -0.331. The minimum Gasteiger partial charge on any atom is -0.389 e. The van der Waals surface area contributed by atoms with E-state index in [-0.39, 0.29) is 23.0 Å². The highest BCUT2D eigenvalue weighted by Gasteiger charge is 2.35. The van der Waals surface area contributed by atoms with Gasteiger partial charge in [0.2, 0.25) is 0 Å². The van der Waals surface area contributed by atoms with Crippen molar-refractivity contribution in [1.29, 1.82) is 0 Å². The third-order valence-electron chi connectivity index (χ3n) is 8.41. The Morgan fingerprint density at radius 3 is 1.21 bits per heavy atom. The van der Waals surface area contributed by atoms with Crippen LogP contribution in [0.2, 0.25) is 0 Å². The molecule has 0 saturated carbocycles. The molecule has 42 heavy (non-hydrogen) atoms. The van der Waals surface area contributed by atoms with Crippen LogP contribution in [0, 0.1) is 22.7 Å². The maximum atomic E-state index is 10.1. The molecule has 2 aliphatic rings. The van der Waals surface area contributed by atoms with E-state index in [0.29, 0.717) is 11.8 Å². The van der Waals surface area contributed by atoms with E-state index in [1.807, 2.05) is 12.2 Å². The monoisotopic (exact) mass is 568 g/mol. The van der Waals surface area contributed by atoms with Crippen LogP contribution in [0.5, 0.6) is 0 Å². The van der Waals surface area contributed by atoms with Crippen molar-refractivity contribution >= 4 is 0 Å². The summed E-state index contributed by atoms with van der Waals surface area (Å²) >= 11 is 0. The Balaban J connectivity index is 1.89. The van der Waals surface area contributed by atoms with E-state index in [9.17, 15) is 10.2 Å². The highest BCUT2D eigenvalue weighted by Crippen LogP contribution is 2.42. The lowest BCUT2D eigenvalue weighted by atomic mass is 9.67. The molecule has 2 nitrogen and oxygen atoms in total. The summed E-state index contributed by atoms with van der Waals surface area (Å²) in [6.45, 7) is 21.6. The number of hydrogen-bond donors (Lipinski definition) is 2. The number of aliphatic hydroxyl groups is 2. The molecule has 0 saturated heterocycles. The smallest absolute Gasteiger partial charge is 0.0729 e. The first-order valence-corrected chi connectivity index (χ1v) is 15.4. The van der Waals surface area contributed by atoms with Crippen molar-refractivity contribution in [2.45, 2.75) is 94.3 Å². The molecule has 0 heterocycles. The molecular formula is C40H56O2. The van der Waals surface area contributed by atoms with Crippen molar-refractivity contribution in [3.63, 3.8) is 0 Å². The molecule has 0 spiro atoms. The van der Waals surface area contributed by atoms with Crippen LogP contribution >= 0.6 is 0 Å². The van der Waals surface area contributed by atoms with Crippen LogP contribution in [-0.2, 0) is 0 Å². The summed E-state index contributed by atoms with van der Waals surface area (Å²) in [5.74, 6) is 0.696. The van der Waals surface area contributed by atoms with Gasteiger partial charge in [0.15, 0.2) is 0 Å². The van der Waals surface area contributed by atoms with Crippen LogP contribution in [0.25, 0.3) is 0 Å². The van der Waals surface area contributed by atoms with Crippen LogP contribution in [-0.4, -0.2) is 22.4 Å². The zero-order valence-corrected chi connectivity index (χ0v) is 27.9. The lowest BCUT2D eigenvalue weighted by Gasteiger charge is -2.38. The summed E-state index contributed by atoms with van der Waals surface area (Å²) in [5.41, 5.74) is 7.40. The Labute approximate surface area is 257 Å². The molecule has 0 amide bonds. The summed E-state index contributed by atoms with van der Waals surface area (Å²) in [7, 11) is 0. The quantitative estimate of drug-likeness (QED) is 0.203. The van der Waals surface area contributed by atoms with Gasteiger partial charge >= 0.3 is 0 Å². The van der Waals surface area contributed by atoms with Crippen LogP contribution < -0.4 is 0 Å². The van der Waals surface area contributed by atoms with E-state index in [2.05, 4.69) is 154 Å². The molecular weight excluding hydrogens is 512 g/mol.